The molecule has 1 unspecified atom stereocenters. The van der Waals surface area contributed by atoms with E-state index in [1.54, 1.807) is 19.2 Å². The molecule has 0 radical (unpaired) electrons. The first-order valence-corrected chi connectivity index (χ1v) is 6.35. The summed E-state index contributed by atoms with van der Waals surface area (Å²) in [6.45, 7) is 0. The highest BCUT2D eigenvalue weighted by Crippen LogP contribution is 2.28. The van der Waals surface area contributed by atoms with Gasteiger partial charge in [0.25, 0.3) is 0 Å². The van der Waals surface area contributed by atoms with Crippen molar-refractivity contribution < 1.29 is 4.39 Å². The SMILES string of the molecule is Cn1nnc(Br)c1C(N)c1cc(Br)ccc1F. The van der Waals surface area contributed by atoms with Crippen LogP contribution in [0, 0.1) is 5.82 Å². The van der Waals surface area contributed by atoms with E-state index in [2.05, 4.69) is 42.2 Å². The van der Waals surface area contributed by atoms with Crippen LogP contribution >= 0.6 is 31.9 Å². The summed E-state index contributed by atoms with van der Waals surface area (Å²) in [5.41, 5.74) is 7.06. The summed E-state index contributed by atoms with van der Waals surface area (Å²) in [6, 6.07) is 4.03. The third-order valence-electron chi connectivity index (χ3n) is 2.41. The van der Waals surface area contributed by atoms with Crippen molar-refractivity contribution in [2.24, 2.45) is 12.8 Å². The number of hydrogen-bond acceptors (Lipinski definition) is 3. The van der Waals surface area contributed by atoms with E-state index in [1.807, 2.05) is 0 Å². The van der Waals surface area contributed by atoms with Crippen LogP contribution in [-0.4, -0.2) is 15.0 Å². The summed E-state index contributed by atoms with van der Waals surface area (Å²) in [4.78, 5) is 0. The number of nitrogens with two attached hydrogens (primary N) is 1. The molecular weight excluding hydrogens is 355 g/mol. The maximum Gasteiger partial charge on any atom is 0.153 e. The van der Waals surface area contributed by atoms with Gasteiger partial charge in [0.15, 0.2) is 4.60 Å². The first-order valence-electron chi connectivity index (χ1n) is 4.76. The minimum absolute atomic E-state index is 0.353. The fourth-order valence-electron chi connectivity index (χ4n) is 1.57. The number of rotatable bonds is 2. The molecule has 2 N–H and O–H groups in total. The van der Waals surface area contributed by atoms with E-state index in [4.69, 9.17) is 5.73 Å². The van der Waals surface area contributed by atoms with Gasteiger partial charge in [-0.25, -0.2) is 9.07 Å². The van der Waals surface area contributed by atoms with E-state index in [-0.39, 0.29) is 5.82 Å². The van der Waals surface area contributed by atoms with Crippen molar-refractivity contribution in [3.63, 3.8) is 0 Å². The number of aromatic nitrogens is 3. The molecule has 90 valence electrons. The monoisotopic (exact) mass is 362 g/mol. The second kappa shape index (κ2) is 4.83. The lowest BCUT2D eigenvalue weighted by Crippen LogP contribution is -2.17. The Balaban J connectivity index is 2.50. The largest absolute Gasteiger partial charge is 0.319 e. The van der Waals surface area contributed by atoms with Gasteiger partial charge in [0, 0.05) is 17.1 Å². The van der Waals surface area contributed by atoms with Gasteiger partial charge in [-0.15, -0.1) is 5.10 Å². The zero-order chi connectivity index (χ0) is 12.6. The van der Waals surface area contributed by atoms with E-state index in [9.17, 15) is 4.39 Å². The molecule has 0 amide bonds. The lowest BCUT2D eigenvalue weighted by Gasteiger charge is -2.13. The van der Waals surface area contributed by atoms with Crippen LogP contribution < -0.4 is 5.73 Å². The molecule has 0 spiro atoms. The molecule has 2 aromatic rings. The Morgan fingerprint density at radius 1 is 1.41 bits per heavy atom. The highest BCUT2D eigenvalue weighted by atomic mass is 79.9. The quantitative estimate of drug-likeness (QED) is 0.891. The first-order chi connectivity index (χ1) is 8.00. The summed E-state index contributed by atoms with van der Waals surface area (Å²) in [7, 11) is 1.71. The molecule has 0 fully saturated rings. The maximum atomic E-state index is 13.7. The first kappa shape index (κ1) is 12.7. The minimum atomic E-state index is -0.623. The molecule has 0 aliphatic heterocycles. The Kier molecular flexibility index (Phi) is 3.60. The van der Waals surface area contributed by atoms with E-state index >= 15 is 0 Å². The summed E-state index contributed by atoms with van der Waals surface area (Å²) >= 11 is 6.54. The third-order valence-corrected chi connectivity index (χ3v) is 3.47. The number of halogens is 3. The van der Waals surface area contributed by atoms with Crippen molar-refractivity contribution in [3.05, 3.63) is 44.3 Å². The summed E-state index contributed by atoms with van der Waals surface area (Å²) in [5.74, 6) is -0.353. The number of aryl methyl sites for hydroxylation is 1. The van der Waals surface area contributed by atoms with Gasteiger partial charge in [0.2, 0.25) is 0 Å². The summed E-state index contributed by atoms with van der Waals surface area (Å²) in [5, 5.41) is 7.65. The molecule has 17 heavy (non-hydrogen) atoms. The Morgan fingerprint density at radius 2 is 2.12 bits per heavy atom. The molecule has 7 heteroatoms. The predicted octanol–water partition coefficient (Wildman–Crippen LogP) is 2.53. The van der Waals surface area contributed by atoms with Crippen LogP contribution in [-0.2, 0) is 7.05 Å². The second-order valence-corrected chi connectivity index (χ2v) is 5.20. The smallest absolute Gasteiger partial charge is 0.153 e. The third kappa shape index (κ3) is 2.41. The average Bonchev–Trinajstić information content (AvgIpc) is 2.61. The van der Waals surface area contributed by atoms with Crippen molar-refractivity contribution in [1.82, 2.24) is 15.0 Å². The average molecular weight is 364 g/mol. The molecule has 0 saturated carbocycles. The minimum Gasteiger partial charge on any atom is -0.319 e. The summed E-state index contributed by atoms with van der Waals surface area (Å²) in [6.07, 6.45) is 0. The van der Waals surface area contributed by atoms with Crippen molar-refractivity contribution in [1.29, 1.82) is 0 Å². The van der Waals surface area contributed by atoms with Gasteiger partial charge < -0.3 is 5.73 Å². The van der Waals surface area contributed by atoms with Gasteiger partial charge >= 0.3 is 0 Å². The van der Waals surface area contributed by atoms with E-state index in [0.717, 1.165) is 4.47 Å². The fourth-order valence-corrected chi connectivity index (χ4v) is 2.52. The molecular formula is C10H9Br2FN4. The van der Waals surface area contributed by atoms with E-state index < -0.39 is 6.04 Å². The predicted molar refractivity (Wildman–Crippen MR) is 68.8 cm³/mol. The van der Waals surface area contributed by atoms with Gasteiger partial charge in [-0.05, 0) is 34.1 Å². The van der Waals surface area contributed by atoms with Crippen LogP contribution in [0.3, 0.4) is 0 Å². The zero-order valence-electron chi connectivity index (χ0n) is 8.86. The molecule has 0 aliphatic carbocycles. The summed E-state index contributed by atoms with van der Waals surface area (Å²) < 4.78 is 16.5. The number of benzene rings is 1. The van der Waals surface area contributed by atoms with Crippen LogP contribution in [0.15, 0.2) is 27.3 Å². The fraction of sp³-hybridized carbons (Fsp3) is 0.200. The van der Waals surface area contributed by atoms with Gasteiger partial charge in [0.1, 0.15) is 5.82 Å². The topological polar surface area (TPSA) is 56.7 Å². The van der Waals surface area contributed by atoms with Gasteiger partial charge in [-0.3, -0.25) is 0 Å². The Labute approximate surface area is 114 Å². The highest BCUT2D eigenvalue weighted by molar-refractivity contribution is 9.10. The van der Waals surface area contributed by atoms with Crippen molar-refractivity contribution in [2.75, 3.05) is 0 Å². The second-order valence-electron chi connectivity index (χ2n) is 3.53. The van der Waals surface area contributed by atoms with Crippen molar-refractivity contribution >= 4 is 31.9 Å². The molecule has 4 nitrogen and oxygen atoms in total. The number of hydrogen-bond donors (Lipinski definition) is 1. The van der Waals surface area contributed by atoms with Crippen molar-refractivity contribution in [3.8, 4) is 0 Å². The lowest BCUT2D eigenvalue weighted by molar-refractivity contribution is 0.583. The van der Waals surface area contributed by atoms with Crippen LogP contribution in [0.25, 0.3) is 0 Å². The van der Waals surface area contributed by atoms with Gasteiger partial charge in [-0.1, -0.05) is 21.1 Å². The molecule has 0 saturated heterocycles. The molecule has 1 heterocycles. The van der Waals surface area contributed by atoms with Gasteiger partial charge in [-0.2, -0.15) is 0 Å². The Hall–Kier alpha value is -0.790. The number of nitrogens with zero attached hydrogens (tertiary/aromatic N) is 3. The van der Waals surface area contributed by atoms with Gasteiger partial charge in [0.05, 0.1) is 11.7 Å². The molecule has 0 bridgehead atoms. The lowest BCUT2D eigenvalue weighted by atomic mass is 10.0. The van der Waals surface area contributed by atoms with Crippen LogP contribution in [0.5, 0.6) is 0 Å². The Morgan fingerprint density at radius 3 is 2.71 bits per heavy atom. The Bertz CT molecular complexity index is 536. The zero-order valence-corrected chi connectivity index (χ0v) is 12.0. The maximum absolute atomic E-state index is 13.7. The molecule has 2 rings (SSSR count). The normalized spacial score (nSPS) is 12.8. The van der Waals surface area contributed by atoms with E-state index in [0.29, 0.717) is 15.9 Å². The van der Waals surface area contributed by atoms with Crippen molar-refractivity contribution in [2.45, 2.75) is 6.04 Å². The molecule has 1 atom stereocenters. The van der Waals surface area contributed by atoms with Crippen LogP contribution in [0.4, 0.5) is 4.39 Å². The standard InChI is InChI=1S/C10H9Br2FN4/c1-17-9(10(12)15-16-17)8(14)6-4-5(11)2-3-7(6)13/h2-4,8H,14H2,1H3. The van der Waals surface area contributed by atoms with Crippen LogP contribution in [0.1, 0.15) is 17.3 Å². The molecule has 1 aromatic heterocycles. The van der Waals surface area contributed by atoms with E-state index in [1.165, 1.54) is 10.7 Å². The van der Waals surface area contributed by atoms with Crippen LogP contribution in [0.2, 0.25) is 0 Å². The molecule has 0 aliphatic rings. The molecule has 1 aromatic carbocycles. The highest BCUT2D eigenvalue weighted by Gasteiger charge is 2.21.